The summed E-state index contributed by atoms with van der Waals surface area (Å²) < 4.78 is 0. The van der Waals surface area contributed by atoms with E-state index in [1.54, 1.807) is 0 Å². The van der Waals surface area contributed by atoms with Crippen LogP contribution in [0, 0.1) is 0 Å². The molecule has 0 unspecified atom stereocenters. The van der Waals surface area contributed by atoms with Gasteiger partial charge in [0.1, 0.15) is 0 Å². The zero-order valence-electron chi connectivity index (χ0n) is 11.6. The molecule has 1 heterocycles. The summed E-state index contributed by atoms with van der Waals surface area (Å²) in [4.78, 5) is 14.1. The lowest BCUT2D eigenvalue weighted by atomic mass is 10.1. The minimum absolute atomic E-state index is 0.0401. The van der Waals surface area contributed by atoms with E-state index in [0.29, 0.717) is 6.54 Å². The number of nitrogens with zero attached hydrogens (tertiary/aromatic N) is 1. The molecule has 1 aliphatic rings. The molecule has 1 aromatic rings. The van der Waals surface area contributed by atoms with Gasteiger partial charge in [-0.3, -0.25) is 9.69 Å². The molecular formula is C15H23N3O. The number of carbonyl (C=O) groups is 1. The van der Waals surface area contributed by atoms with Gasteiger partial charge in [0.25, 0.3) is 0 Å². The maximum atomic E-state index is 11.9. The van der Waals surface area contributed by atoms with Crippen LogP contribution in [0.4, 0.5) is 5.69 Å². The van der Waals surface area contributed by atoms with E-state index in [2.05, 4.69) is 17.1 Å². The Morgan fingerprint density at radius 2 is 2.16 bits per heavy atom. The Labute approximate surface area is 115 Å². The molecule has 4 heteroatoms. The molecule has 0 aliphatic carbocycles. The summed E-state index contributed by atoms with van der Waals surface area (Å²) >= 11 is 0. The van der Waals surface area contributed by atoms with Crippen molar-refractivity contribution in [3.63, 3.8) is 0 Å². The third-order valence-electron chi connectivity index (χ3n) is 3.56. The summed E-state index contributed by atoms with van der Waals surface area (Å²) in [6.45, 7) is 4.34. The summed E-state index contributed by atoms with van der Waals surface area (Å²) in [7, 11) is 0. The molecule has 0 bridgehead atoms. The van der Waals surface area contributed by atoms with Gasteiger partial charge in [0, 0.05) is 18.3 Å². The minimum Gasteiger partial charge on any atom is -0.327 e. The van der Waals surface area contributed by atoms with E-state index < -0.39 is 0 Å². The van der Waals surface area contributed by atoms with Crippen molar-refractivity contribution in [2.24, 2.45) is 5.73 Å². The Morgan fingerprint density at radius 1 is 1.42 bits per heavy atom. The molecule has 19 heavy (non-hydrogen) atoms. The van der Waals surface area contributed by atoms with Crippen molar-refractivity contribution >= 4 is 11.6 Å². The maximum absolute atomic E-state index is 11.9. The minimum atomic E-state index is 0.0401. The van der Waals surface area contributed by atoms with Crippen molar-refractivity contribution in [1.29, 1.82) is 0 Å². The van der Waals surface area contributed by atoms with Gasteiger partial charge in [0.15, 0.2) is 0 Å². The van der Waals surface area contributed by atoms with Crippen LogP contribution in [0.15, 0.2) is 24.3 Å². The summed E-state index contributed by atoms with van der Waals surface area (Å²) in [5, 5.41) is 2.93. The molecule has 1 aromatic carbocycles. The number of benzene rings is 1. The molecule has 0 spiro atoms. The number of nitrogens with one attached hydrogen (secondary N) is 1. The number of hydrogen-bond acceptors (Lipinski definition) is 3. The predicted molar refractivity (Wildman–Crippen MR) is 78.1 cm³/mol. The second-order valence-electron chi connectivity index (χ2n) is 5.24. The van der Waals surface area contributed by atoms with Crippen LogP contribution in [0.2, 0.25) is 0 Å². The second-order valence-corrected chi connectivity index (χ2v) is 5.24. The molecule has 1 fully saturated rings. The maximum Gasteiger partial charge on any atom is 0.238 e. The fourth-order valence-electron chi connectivity index (χ4n) is 2.46. The first-order chi connectivity index (χ1) is 9.17. The molecule has 1 amide bonds. The van der Waals surface area contributed by atoms with Gasteiger partial charge in [-0.05, 0) is 43.5 Å². The number of aryl methyl sites for hydroxylation is 1. The van der Waals surface area contributed by atoms with Crippen LogP contribution in [-0.2, 0) is 11.2 Å². The standard InChI is InChI=1S/C15H23N3O/c1-2-12-5-7-14(8-6-12)17-15(19)11-18-9-3-4-13(16)10-18/h5-8,13H,2-4,9-11,16H2,1H3,(H,17,19)/t13-/m1/s1. The van der Waals surface area contributed by atoms with Crippen LogP contribution in [0.1, 0.15) is 25.3 Å². The van der Waals surface area contributed by atoms with Crippen molar-refractivity contribution in [1.82, 2.24) is 4.90 Å². The average Bonchev–Trinajstić information content (AvgIpc) is 2.39. The third-order valence-corrected chi connectivity index (χ3v) is 3.56. The summed E-state index contributed by atoms with van der Waals surface area (Å²) in [5.41, 5.74) is 8.05. The average molecular weight is 261 g/mol. The quantitative estimate of drug-likeness (QED) is 0.865. The molecule has 0 saturated carbocycles. The smallest absolute Gasteiger partial charge is 0.238 e. The van der Waals surface area contributed by atoms with E-state index in [1.807, 2.05) is 24.3 Å². The zero-order chi connectivity index (χ0) is 13.7. The van der Waals surface area contributed by atoms with Crippen LogP contribution in [0.5, 0.6) is 0 Å². The second kappa shape index (κ2) is 6.68. The van der Waals surface area contributed by atoms with Crippen molar-refractivity contribution in [2.45, 2.75) is 32.2 Å². The Balaban J connectivity index is 1.83. The number of hydrogen-bond donors (Lipinski definition) is 2. The van der Waals surface area contributed by atoms with E-state index in [9.17, 15) is 4.79 Å². The first kappa shape index (κ1) is 14.0. The molecule has 1 atom stereocenters. The molecule has 104 valence electrons. The number of nitrogens with two attached hydrogens (primary N) is 1. The van der Waals surface area contributed by atoms with Crippen molar-refractivity contribution in [3.8, 4) is 0 Å². The van der Waals surface area contributed by atoms with Crippen molar-refractivity contribution in [3.05, 3.63) is 29.8 Å². The molecule has 0 radical (unpaired) electrons. The van der Waals surface area contributed by atoms with Gasteiger partial charge in [-0.2, -0.15) is 0 Å². The molecule has 2 rings (SSSR count). The zero-order valence-corrected chi connectivity index (χ0v) is 11.6. The number of anilines is 1. The fourth-order valence-corrected chi connectivity index (χ4v) is 2.46. The van der Waals surface area contributed by atoms with Crippen molar-refractivity contribution in [2.75, 3.05) is 25.0 Å². The summed E-state index contributed by atoms with van der Waals surface area (Å²) in [5.74, 6) is 0.0401. The van der Waals surface area contributed by atoms with Gasteiger partial charge in [0.2, 0.25) is 5.91 Å². The number of likely N-dealkylation sites (tertiary alicyclic amines) is 1. The van der Waals surface area contributed by atoms with Crippen LogP contribution >= 0.6 is 0 Å². The van der Waals surface area contributed by atoms with Crippen LogP contribution in [-0.4, -0.2) is 36.5 Å². The lowest BCUT2D eigenvalue weighted by molar-refractivity contribution is -0.117. The fraction of sp³-hybridized carbons (Fsp3) is 0.533. The van der Waals surface area contributed by atoms with Gasteiger partial charge in [-0.1, -0.05) is 19.1 Å². The summed E-state index contributed by atoms with van der Waals surface area (Å²) in [6, 6.07) is 8.22. The number of carbonyl (C=O) groups excluding carboxylic acids is 1. The van der Waals surface area contributed by atoms with Crippen molar-refractivity contribution < 1.29 is 4.79 Å². The van der Waals surface area contributed by atoms with Crippen LogP contribution < -0.4 is 11.1 Å². The van der Waals surface area contributed by atoms with E-state index >= 15 is 0 Å². The van der Waals surface area contributed by atoms with Gasteiger partial charge < -0.3 is 11.1 Å². The Morgan fingerprint density at radius 3 is 2.79 bits per heavy atom. The molecule has 4 nitrogen and oxygen atoms in total. The molecule has 1 aliphatic heterocycles. The molecule has 3 N–H and O–H groups in total. The highest BCUT2D eigenvalue weighted by atomic mass is 16.2. The normalized spacial score (nSPS) is 20.2. The predicted octanol–water partition coefficient (Wildman–Crippen LogP) is 1.61. The third kappa shape index (κ3) is 4.33. The highest BCUT2D eigenvalue weighted by Gasteiger charge is 2.18. The first-order valence-corrected chi connectivity index (χ1v) is 7.04. The van der Waals surface area contributed by atoms with E-state index in [4.69, 9.17) is 5.73 Å². The van der Waals surface area contributed by atoms with E-state index in [-0.39, 0.29) is 11.9 Å². The first-order valence-electron chi connectivity index (χ1n) is 7.04. The Kier molecular flexibility index (Phi) is 4.93. The van der Waals surface area contributed by atoms with Crippen LogP contribution in [0.3, 0.4) is 0 Å². The highest BCUT2D eigenvalue weighted by Crippen LogP contribution is 2.11. The van der Waals surface area contributed by atoms with Gasteiger partial charge in [-0.25, -0.2) is 0 Å². The Hall–Kier alpha value is -1.39. The molecule has 1 saturated heterocycles. The monoisotopic (exact) mass is 261 g/mol. The number of rotatable bonds is 4. The number of amides is 1. The number of piperidine rings is 1. The van der Waals surface area contributed by atoms with Gasteiger partial charge in [-0.15, -0.1) is 0 Å². The Bertz CT molecular complexity index is 416. The topological polar surface area (TPSA) is 58.4 Å². The largest absolute Gasteiger partial charge is 0.327 e. The lowest BCUT2D eigenvalue weighted by Gasteiger charge is -2.29. The van der Waals surface area contributed by atoms with Gasteiger partial charge >= 0.3 is 0 Å². The molecule has 0 aromatic heterocycles. The highest BCUT2D eigenvalue weighted by molar-refractivity contribution is 5.92. The van der Waals surface area contributed by atoms with E-state index in [1.165, 1.54) is 5.56 Å². The van der Waals surface area contributed by atoms with Crippen LogP contribution in [0.25, 0.3) is 0 Å². The summed E-state index contributed by atoms with van der Waals surface area (Å²) in [6.07, 6.45) is 3.16. The van der Waals surface area contributed by atoms with Gasteiger partial charge in [0.05, 0.1) is 6.54 Å². The lowest BCUT2D eigenvalue weighted by Crippen LogP contribution is -2.45. The van der Waals surface area contributed by atoms with E-state index in [0.717, 1.165) is 38.0 Å². The SMILES string of the molecule is CCc1ccc(NC(=O)CN2CCC[C@@H](N)C2)cc1. The molecular weight excluding hydrogens is 238 g/mol.